The quantitative estimate of drug-likeness (QED) is 0.515. The summed E-state index contributed by atoms with van der Waals surface area (Å²) in [7, 11) is -2.64. The van der Waals surface area contributed by atoms with Crippen LogP contribution >= 0.6 is 0 Å². The second-order valence-corrected chi connectivity index (χ2v) is 12.3. The highest BCUT2D eigenvalue weighted by molar-refractivity contribution is 6.99. The summed E-state index contributed by atoms with van der Waals surface area (Å²) in [6, 6.07) is 20.7. The third-order valence-corrected chi connectivity index (χ3v) is 9.90. The van der Waals surface area contributed by atoms with Crippen molar-refractivity contribution in [2.24, 2.45) is 0 Å². The number of benzene rings is 2. The molecule has 2 rings (SSSR count). The van der Waals surface area contributed by atoms with Gasteiger partial charge in [0.2, 0.25) is 0 Å². The van der Waals surface area contributed by atoms with E-state index in [4.69, 9.17) is 4.43 Å². The van der Waals surface area contributed by atoms with Crippen LogP contribution in [-0.2, 0) is 4.43 Å². The van der Waals surface area contributed by atoms with Gasteiger partial charge in [-0.15, -0.1) is 6.58 Å². The van der Waals surface area contributed by atoms with Crippen LogP contribution < -0.4 is 10.4 Å². The van der Waals surface area contributed by atoms with Crippen molar-refractivity contribution in [1.82, 2.24) is 0 Å². The molecular weight excluding hydrogens is 352 g/mol. The summed E-state index contributed by atoms with van der Waals surface area (Å²) in [5, 5.41) is 22.7. The molecule has 146 valence electrons. The predicted molar refractivity (Wildman–Crippen MR) is 115 cm³/mol. The van der Waals surface area contributed by atoms with Gasteiger partial charge in [-0.25, -0.2) is 0 Å². The van der Waals surface area contributed by atoms with E-state index < -0.39 is 20.5 Å². The molecule has 0 aliphatic carbocycles. The maximum atomic E-state index is 10.5. The number of rotatable bonds is 9. The normalized spacial score (nSPS) is 14.6. The summed E-state index contributed by atoms with van der Waals surface area (Å²) < 4.78 is 6.66. The minimum atomic E-state index is -2.64. The van der Waals surface area contributed by atoms with Crippen LogP contribution in [0, 0.1) is 0 Å². The molecule has 2 N–H and O–H groups in total. The summed E-state index contributed by atoms with van der Waals surface area (Å²) in [5.74, 6) is 0. The standard InChI is InChI=1S/C23H32O3Si/c1-5-12-19(24)17-20(25)18-26-27(23(2,3)4,21-13-8-6-9-14-21)22-15-10-7-11-16-22/h5-11,13-16,19-20,24-25H,1,12,17-18H2,2-4H3/t19-,20+/m1/s1. The molecule has 0 heterocycles. The Labute approximate surface area is 164 Å². The zero-order chi connectivity index (χ0) is 19.9. The van der Waals surface area contributed by atoms with Gasteiger partial charge in [0.15, 0.2) is 0 Å². The fourth-order valence-corrected chi connectivity index (χ4v) is 8.25. The number of hydrogen-bond acceptors (Lipinski definition) is 3. The van der Waals surface area contributed by atoms with Crippen LogP contribution in [0.3, 0.4) is 0 Å². The first-order valence-electron chi connectivity index (χ1n) is 9.53. The van der Waals surface area contributed by atoms with Crippen LogP contribution in [0.5, 0.6) is 0 Å². The van der Waals surface area contributed by atoms with E-state index in [0.29, 0.717) is 6.42 Å². The molecule has 3 nitrogen and oxygen atoms in total. The highest BCUT2D eigenvalue weighted by Crippen LogP contribution is 2.36. The third-order valence-electron chi connectivity index (χ3n) is 4.89. The molecule has 0 aliphatic rings. The van der Waals surface area contributed by atoms with Gasteiger partial charge < -0.3 is 14.6 Å². The molecule has 0 aromatic heterocycles. The van der Waals surface area contributed by atoms with Gasteiger partial charge in [-0.3, -0.25) is 0 Å². The number of aliphatic hydroxyl groups is 2. The average molecular weight is 385 g/mol. The van der Waals surface area contributed by atoms with Gasteiger partial charge in [0.1, 0.15) is 0 Å². The Morgan fingerprint density at radius 1 is 0.926 bits per heavy atom. The highest BCUT2D eigenvalue weighted by atomic mass is 28.4. The van der Waals surface area contributed by atoms with Gasteiger partial charge in [0.25, 0.3) is 8.32 Å². The van der Waals surface area contributed by atoms with Crippen LogP contribution in [0.25, 0.3) is 0 Å². The molecule has 0 saturated carbocycles. The van der Waals surface area contributed by atoms with E-state index in [1.165, 1.54) is 10.4 Å². The molecule has 0 amide bonds. The lowest BCUT2D eigenvalue weighted by molar-refractivity contribution is 0.0475. The van der Waals surface area contributed by atoms with E-state index >= 15 is 0 Å². The maximum Gasteiger partial charge on any atom is 0.261 e. The lowest BCUT2D eigenvalue weighted by atomic mass is 10.1. The number of aliphatic hydroxyl groups excluding tert-OH is 2. The largest absolute Gasteiger partial charge is 0.405 e. The Kier molecular flexibility index (Phi) is 7.56. The van der Waals surface area contributed by atoms with Gasteiger partial charge in [-0.05, 0) is 21.8 Å². The molecule has 2 aromatic carbocycles. The van der Waals surface area contributed by atoms with Crippen molar-refractivity contribution in [1.29, 1.82) is 0 Å². The molecule has 4 heteroatoms. The first-order chi connectivity index (χ1) is 12.8. The van der Waals surface area contributed by atoms with Crippen LogP contribution in [0.4, 0.5) is 0 Å². The number of hydrogen-bond donors (Lipinski definition) is 2. The maximum absolute atomic E-state index is 10.5. The molecule has 27 heavy (non-hydrogen) atoms. The van der Waals surface area contributed by atoms with Gasteiger partial charge in [-0.2, -0.15) is 0 Å². The second kappa shape index (κ2) is 9.47. The molecular formula is C23H32O3Si. The van der Waals surface area contributed by atoms with Crippen molar-refractivity contribution < 1.29 is 14.6 Å². The van der Waals surface area contributed by atoms with Crippen LogP contribution in [0.2, 0.25) is 5.04 Å². The van der Waals surface area contributed by atoms with Gasteiger partial charge in [0, 0.05) is 6.42 Å². The SMILES string of the molecule is C=CC[C@@H](O)C[C@H](O)CO[Si](c1ccccc1)(c1ccccc1)C(C)(C)C. The van der Waals surface area contributed by atoms with Crippen molar-refractivity contribution in [2.75, 3.05) is 6.61 Å². The van der Waals surface area contributed by atoms with E-state index in [2.05, 4.69) is 51.6 Å². The summed E-state index contributed by atoms with van der Waals surface area (Å²) in [5.41, 5.74) is 0. The molecule has 0 saturated heterocycles. The molecule has 2 aromatic rings. The second-order valence-electron chi connectivity index (χ2n) is 8.04. The van der Waals surface area contributed by atoms with Crippen molar-refractivity contribution in [3.8, 4) is 0 Å². The monoisotopic (exact) mass is 384 g/mol. The minimum Gasteiger partial charge on any atom is -0.405 e. The molecule has 0 fully saturated rings. The van der Waals surface area contributed by atoms with Crippen molar-refractivity contribution in [3.05, 3.63) is 73.3 Å². The predicted octanol–water partition coefficient (Wildman–Crippen LogP) is 3.25. The zero-order valence-corrected chi connectivity index (χ0v) is 17.6. The molecule has 0 aliphatic heterocycles. The molecule has 0 unspecified atom stereocenters. The Morgan fingerprint density at radius 3 is 1.81 bits per heavy atom. The van der Waals surface area contributed by atoms with E-state index in [-0.39, 0.29) is 18.1 Å². The fourth-order valence-electron chi connectivity index (χ4n) is 3.65. The van der Waals surface area contributed by atoms with Crippen LogP contribution in [0.1, 0.15) is 33.6 Å². The molecule has 2 atom stereocenters. The first-order valence-corrected chi connectivity index (χ1v) is 11.4. The first kappa shape index (κ1) is 21.6. The summed E-state index contributed by atoms with van der Waals surface area (Å²) in [6.07, 6.45) is 1.10. The minimum absolute atomic E-state index is 0.130. The van der Waals surface area contributed by atoms with E-state index in [1.54, 1.807) is 6.08 Å². The average Bonchev–Trinajstić information content (AvgIpc) is 2.63. The van der Waals surface area contributed by atoms with Crippen molar-refractivity contribution in [2.45, 2.75) is 50.9 Å². The Balaban J connectivity index is 2.39. The lowest BCUT2D eigenvalue weighted by Crippen LogP contribution is -2.67. The van der Waals surface area contributed by atoms with Crippen LogP contribution in [0.15, 0.2) is 73.3 Å². The van der Waals surface area contributed by atoms with E-state index in [0.717, 1.165) is 0 Å². The van der Waals surface area contributed by atoms with Gasteiger partial charge in [-0.1, -0.05) is 87.5 Å². The van der Waals surface area contributed by atoms with Gasteiger partial charge >= 0.3 is 0 Å². The molecule has 0 spiro atoms. The van der Waals surface area contributed by atoms with Crippen LogP contribution in [-0.4, -0.2) is 37.3 Å². The smallest absolute Gasteiger partial charge is 0.261 e. The lowest BCUT2D eigenvalue weighted by Gasteiger charge is -2.43. The Hall–Kier alpha value is -1.72. The zero-order valence-electron chi connectivity index (χ0n) is 16.6. The molecule has 0 radical (unpaired) electrons. The highest BCUT2D eigenvalue weighted by Gasteiger charge is 2.50. The van der Waals surface area contributed by atoms with Crippen molar-refractivity contribution in [3.63, 3.8) is 0 Å². The fraction of sp³-hybridized carbons (Fsp3) is 0.391. The summed E-state index contributed by atoms with van der Waals surface area (Å²) in [6.45, 7) is 10.5. The summed E-state index contributed by atoms with van der Waals surface area (Å²) >= 11 is 0. The Morgan fingerprint density at radius 2 is 1.41 bits per heavy atom. The van der Waals surface area contributed by atoms with Crippen molar-refractivity contribution >= 4 is 18.7 Å². The summed E-state index contributed by atoms with van der Waals surface area (Å²) in [4.78, 5) is 0. The topological polar surface area (TPSA) is 49.7 Å². The van der Waals surface area contributed by atoms with E-state index in [1.807, 2.05) is 36.4 Å². The van der Waals surface area contributed by atoms with Gasteiger partial charge in [0.05, 0.1) is 18.8 Å². The third kappa shape index (κ3) is 5.17. The Bertz CT molecular complexity index is 655. The molecule has 0 bridgehead atoms. The van der Waals surface area contributed by atoms with E-state index in [9.17, 15) is 10.2 Å².